The van der Waals surface area contributed by atoms with Crippen molar-refractivity contribution >= 4 is 23.7 Å². The molecule has 1 nitrogen and oxygen atoms in total. The molecule has 1 aromatic carbocycles. The van der Waals surface area contributed by atoms with Crippen molar-refractivity contribution in [1.29, 1.82) is 0 Å². The number of benzene rings is 1. The van der Waals surface area contributed by atoms with Crippen LogP contribution < -0.4 is 4.31 Å². The molecule has 0 atom stereocenters. The molecule has 0 aliphatic heterocycles. The lowest BCUT2D eigenvalue weighted by atomic mass is 9.53. The summed E-state index contributed by atoms with van der Waals surface area (Å²) in [5.41, 5.74) is 6.01. The van der Waals surface area contributed by atoms with Crippen molar-refractivity contribution in [2.24, 2.45) is 5.41 Å². The molecule has 1 aliphatic carbocycles. The van der Waals surface area contributed by atoms with Gasteiger partial charge in [-0.25, -0.2) is 0 Å². The minimum Gasteiger partial charge on any atom is -0.329 e. The van der Waals surface area contributed by atoms with Crippen LogP contribution in [0.15, 0.2) is 12.1 Å². The largest absolute Gasteiger partial charge is 0.329 e. The lowest BCUT2D eigenvalue weighted by molar-refractivity contribution is 0.206. The van der Waals surface area contributed by atoms with Crippen LogP contribution in [-0.4, -0.2) is 32.2 Å². The fourth-order valence-corrected chi connectivity index (χ4v) is 7.13. The third kappa shape index (κ3) is 4.46. The van der Waals surface area contributed by atoms with E-state index in [1.165, 1.54) is 35.2 Å². The molecule has 0 N–H and O–H groups in total. The zero-order valence-corrected chi connectivity index (χ0v) is 19.7. The standard InChI is InChI=1S/C23H40BNS/c1-17-15-19(23(24)13-11-22(6,7)12-14-23)16-18(2)20(17)25(21(3,4)5)26(8,9)10/h15-16H,11-14H2,1-10H3. The highest BCUT2D eigenvalue weighted by Crippen LogP contribution is 2.52. The second-order valence-electron chi connectivity index (χ2n) is 11.0. The molecule has 0 unspecified atom stereocenters. The van der Waals surface area contributed by atoms with E-state index < -0.39 is 10.2 Å². The molecular formula is C23H40BNS. The van der Waals surface area contributed by atoms with E-state index >= 15 is 0 Å². The Morgan fingerprint density at radius 2 is 1.35 bits per heavy atom. The molecule has 0 bridgehead atoms. The van der Waals surface area contributed by atoms with Crippen LogP contribution in [0.2, 0.25) is 0 Å². The highest BCUT2D eigenvalue weighted by molar-refractivity contribution is 8.33. The van der Waals surface area contributed by atoms with Gasteiger partial charge in [-0.05, 0) is 93.6 Å². The molecule has 0 heterocycles. The lowest BCUT2D eigenvalue weighted by Crippen LogP contribution is -2.43. The van der Waals surface area contributed by atoms with Crippen LogP contribution in [-0.2, 0) is 5.31 Å². The Bertz CT molecular complexity index is 617. The minimum atomic E-state index is -0.887. The van der Waals surface area contributed by atoms with Gasteiger partial charge >= 0.3 is 0 Å². The van der Waals surface area contributed by atoms with Crippen LogP contribution >= 0.6 is 10.2 Å². The predicted octanol–water partition coefficient (Wildman–Crippen LogP) is 6.48. The molecule has 3 heteroatoms. The minimum absolute atomic E-state index is 0.0971. The summed E-state index contributed by atoms with van der Waals surface area (Å²) >= 11 is 0. The number of hydrogen-bond donors (Lipinski definition) is 0. The molecular weight excluding hydrogens is 333 g/mol. The lowest BCUT2D eigenvalue weighted by Gasteiger charge is -2.52. The summed E-state index contributed by atoms with van der Waals surface area (Å²) in [4.78, 5) is 0. The quantitative estimate of drug-likeness (QED) is 0.548. The molecule has 0 amide bonds. The molecule has 2 radical (unpaired) electrons. The number of aryl methyl sites for hydroxylation is 2. The fourth-order valence-electron chi connectivity index (χ4n) is 4.66. The van der Waals surface area contributed by atoms with Gasteiger partial charge in [-0.1, -0.05) is 38.8 Å². The van der Waals surface area contributed by atoms with E-state index in [9.17, 15) is 0 Å². The molecule has 26 heavy (non-hydrogen) atoms. The van der Waals surface area contributed by atoms with Gasteiger partial charge in [0, 0.05) is 5.54 Å². The summed E-state index contributed by atoms with van der Waals surface area (Å²) in [5.74, 6) is 0. The van der Waals surface area contributed by atoms with E-state index in [2.05, 4.69) is 83.7 Å². The highest BCUT2D eigenvalue weighted by Gasteiger charge is 2.37. The molecule has 1 saturated carbocycles. The van der Waals surface area contributed by atoms with Gasteiger partial charge in [0.25, 0.3) is 0 Å². The summed E-state index contributed by atoms with van der Waals surface area (Å²) in [6.45, 7) is 16.3. The maximum atomic E-state index is 6.93. The Hall–Kier alpha value is -0.565. The van der Waals surface area contributed by atoms with Gasteiger partial charge in [-0.3, -0.25) is 0 Å². The van der Waals surface area contributed by atoms with Crippen LogP contribution in [0, 0.1) is 19.3 Å². The Morgan fingerprint density at radius 1 is 0.923 bits per heavy atom. The monoisotopic (exact) mass is 373 g/mol. The second kappa shape index (κ2) is 6.80. The van der Waals surface area contributed by atoms with E-state index in [0.29, 0.717) is 5.41 Å². The third-order valence-electron chi connectivity index (χ3n) is 5.92. The van der Waals surface area contributed by atoms with E-state index in [4.69, 9.17) is 7.85 Å². The van der Waals surface area contributed by atoms with Crippen molar-refractivity contribution in [1.82, 2.24) is 0 Å². The van der Waals surface area contributed by atoms with E-state index in [1.807, 2.05) is 0 Å². The Kier molecular flexibility index (Phi) is 5.68. The van der Waals surface area contributed by atoms with Crippen molar-refractivity contribution in [3.05, 3.63) is 28.8 Å². The average molecular weight is 373 g/mol. The van der Waals surface area contributed by atoms with Crippen molar-refractivity contribution in [3.63, 3.8) is 0 Å². The molecule has 1 aliphatic rings. The van der Waals surface area contributed by atoms with Crippen molar-refractivity contribution in [2.75, 3.05) is 23.1 Å². The molecule has 146 valence electrons. The molecule has 0 saturated heterocycles. The summed E-state index contributed by atoms with van der Waals surface area (Å²) < 4.78 is 2.65. The topological polar surface area (TPSA) is 3.24 Å². The number of anilines is 1. The highest BCUT2D eigenvalue weighted by atomic mass is 32.3. The first-order chi connectivity index (χ1) is 11.6. The maximum absolute atomic E-state index is 6.93. The van der Waals surface area contributed by atoms with Crippen LogP contribution in [0.5, 0.6) is 0 Å². The maximum Gasteiger partial charge on any atom is 0.0810 e. The predicted molar refractivity (Wildman–Crippen MR) is 123 cm³/mol. The van der Waals surface area contributed by atoms with Crippen LogP contribution in [0.1, 0.15) is 77.0 Å². The van der Waals surface area contributed by atoms with E-state index in [-0.39, 0.29) is 10.9 Å². The average Bonchev–Trinajstić information content (AvgIpc) is 2.43. The van der Waals surface area contributed by atoms with Crippen molar-refractivity contribution in [2.45, 2.75) is 85.0 Å². The molecule has 0 aromatic heterocycles. The first kappa shape index (κ1) is 21.7. The van der Waals surface area contributed by atoms with Gasteiger partial charge in [-0.2, -0.15) is 10.2 Å². The summed E-state index contributed by atoms with van der Waals surface area (Å²) in [6, 6.07) is 4.76. The van der Waals surface area contributed by atoms with E-state index in [0.717, 1.165) is 12.8 Å². The summed E-state index contributed by atoms with van der Waals surface area (Å²) in [7, 11) is 6.04. The second-order valence-corrected chi connectivity index (χ2v) is 14.9. The summed E-state index contributed by atoms with van der Waals surface area (Å²) in [6.07, 6.45) is 11.8. The molecule has 0 spiro atoms. The number of rotatable bonds is 3. The third-order valence-corrected chi connectivity index (χ3v) is 7.75. The zero-order chi connectivity index (χ0) is 20.1. The number of nitrogens with zero attached hydrogens (tertiary/aromatic N) is 1. The van der Waals surface area contributed by atoms with Gasteiger partial charge in [-0.15, -0.1) is 0 Å². The van der Waals surface area contributed by atoms with Crippen molar-refractivity contribution < 1.29 is 0 Å². The van der Waals surface area contributed by atoms with Crippen LogP contribution in [0.3, 0.4) is 0 Å². The SMILES string of the molecule is [B]C1(c2cc(C)c(N(C(C)(C)C)S(C)(C)C)c(C)c2)CCC(C)(C)CC1. The number of hydrogen-bond acceptors (Lipinski definition) is 1. The molecule has 1 fully saturated rings. The van der Waals surface area contributed by atoms with Gasteiger partial charge in [0.2, 0.25) is 0 Å². The normalized spacial score (nSPS) is 20.7. The Morgan fingerprint density at radius 3 is 1.69 bits per heavy atom. The summed E-state index contributed by atoms with van der Waals surface area (Å²) in [5, 5.41) is -0.162. The van der Waals surface area contributed by atoms with Crippen LogP contribution in [0.25, 0.3) is 0 Å². The smallest absolute Gasteiger partial charge is 0.0810 e. The molecule has 2 rings (SSSR count). The molecule has 1 aromatic rings. The fraction of sp³-hybridized carbons (Fsp3) is 0.739. The zero-order valence-electron chi connectivity index (χ0n) is 18.9. The van der Waals surface area contributed by atoms with E-state index in [1.54, 1.807) is 0 Å². The van der Waals surface area contributed by atoms with Gasteiger partial charge in [0.1, 0.15) is 0 Å². The Balaban J connectivity index is 2.49. The van der Waals surface area contributed by atoms with Gasteiger partial charge in [0.15, 0.2) is 0 Å². The Labute approximate surface area is 166 Å². The van der Waals surface area contributed by atoms with Crippen molar-refractivity contribution in [3.8, 4) is 0 Å². The van der Waals surface area contributed by atoms with Gasteiger partial charge < -0.3 is 4.31 Å². The van der Waals surface area contributed by atoms with Gasteiger partial charge in [0.05, 0.1) is 13.5 Å². The van der Waals surface area contributed by atoms with Crippen LogP contribution in [0.4, 0.5) is 5.69 Å². The first-order valence-corrected chi connectivity index (χ1v) is 12.8. The first-order valence-electron chi connectivity index (χ1n) is 9.96.